The molecule has 1 atom stereocenters. The standard InChI is InChI=1S/C17H18O4S/c1-12-7-8-15(21-11-14-10-20-14)17(9-12)22(18,19)16-6-4-3-5-13(16)2/h3-9,14H,10-11H2,1-2H3. The summed E-state index contributed by atoms with van der Waals surface area (Å²) in [5, 5.41) is 0. The van der Waals surface area contributed by atoms with E-state index in [1.54, 1.807) is 37.3 Å². The second-order valence-corrected chi connectivity index (χ2v) is 7.37. The molecule has 3 rings (SSSR count). The Morgan fingerprint density at radius 3 is 2.55 bits per heavy atom. The molecule has 2 aromatic rings. The first kappa shape index (κ1) is 15.1. The number of aryl methyl sites for hydroxylation is 2. The van der Waals surface area contributed by atoms with E-state index < -0.39 is 9.84 Å². The number of hydrogen-bond donors (Lipinski definition) is 0. The molecule has 1 unspecified atom stereocenters. The van der Waals surface area contributed by atoms with Crippen molar-refractivity contribution in [2.24, 2.45) is 0 Å². The number of ether oxygens (including phenoxy) is 2. The van der Waals surface area contributed by atoms with Crippen LogP contribution in [0.4, 0.5) is 0 Å². The highest BCUT2D eigenvalue weighted by Gasteiger charge is 2.27. The van der Waals surface area contributed by atoms with Crippen molar-refractivity contribution < 1.29 is 17.9 Å². The van der Waals surface area contributed by atoms with E-state index in [-0.39, 0.29) is 11.0 Å². The third-order valence-corrected chi connectivity index (χ3v) is 5.53. The number of benzene rings is 2. The third-order valence-electron chi connectivity index (χ3n) is 3.60. The van der Waals surface area contributed by atoms with Crippen LogP contribution >= 0.6 is 0 Å². The molecule has 0 radical (unpaired) electrons. The van der Waals surface area contributed by atoms with Crippen LogP contribution in [0.2, 0.25) is 0 Å². The molecule has 1 aliphatic rings. The quantitative estimate of drug-likeness (QED) is 0.795. The van der Waals surface area contributed by atoms with E-state index in [9.17, 15) is 8.42 Å². The fourth-order valence-corrected chi connectivity index (χ4v) is 3.99. The van der Waals surface area contributed by atoms with Gasteiger partial charge < -0.3 is 9.47 Å². The molecule has 2 aromatic carbocycles. The Labute approximate surface area is 130 Å². The van der Waals surface area contributed by atoms with Crippen molar-refractivity contribution in [2.75, 3.05) is 13.2 Å². The predicted molar refractivity (Wildman–Crippen MR) is 83.0 cm³/mol. The van der Waals surface area contributed by atoms with E-state index in [1.807, 2.05) is 19.1 Å². The first-order chi connectivity index (χ1) is 10.5. The van der Waals surface area contributed by atoms with Gasteiger partial charge in [-0.3, -0.25) is 0 Å². The van der Waals surface area contributed by atoms with Gasteiger partial charge in [-0.25, -0.2) is 8.42 Å². The van der Waals surface area contributed by atoms with Crippen LogP contribution in [0.25, 0.3) is 0 Å². The summed E-state index contributed by atoms with van der Waals surface area (Å²) >= 11 is 0. The molecule has 1 aliphatic heterocycles. The molecule has 5 heteroatoms. The monoisotopic (exact) mass is 318 g/mol. The van der Waals surface area contributed by atoms with Gasteiger partial charge in [-0.05, 0) is 43.2 Å². The minimum atomic E-state index is -3.62. The maximum Gasteiger partial charge on any atom is 0.210 e. The maximum absolute atomic E-state index is 13.0. The average Bonchev–Trinajstić information content (AvgIpc) is 3.30. The first-order valence-corrected chi connectivity index (χ1v) is 8.62. The van der Waals surface area contributed by atoms with Gasteiger partial charge >= 0.3 is 0 Å². The van der Waals surface area contributed by atoms with Crippen LogP contribution < -0.4 is 4.74 Å². The minimum absolute atomic E-state index is 0.0790. The van der Waals surface area contributed by atoms with Gasteiger partial charge in [-0.2, -0.15) is 0 Å². The van der Waals surface area contributed by atoms with Crippen molar-refractivity contribution in [3.05, 3.63) is 53.6 Å². The highest BCUT2D eigenvalue weighted by atomic mass is 32.2. The Balaban J connectivity index is 2.05. The van der Waals surface area contributed by atoms with Crippen LogP contribution in [0.1, 0.15) is 11.1 Å². The van der Waals surface area contributed by atoms with Gasteiger partial charge in [0.25, 0.3) is 0 Å². The van der Waals surface area contributed by atoms with Crippen LogP contribution in [0, 0.1) is 13.8 Å². The van der Waals surface area contributed by atoms with E-state index in [4.69, 9.17) is 9.47 Å². The molecule has 1 saturated heterocycles. The Kier molecular flexibility index (Phi) is 3.93. The summed E-state index contributed by atoms with van der Waals surface area (Å²) in [7, 11) is -3.62. The SMILES string of the molecule is Cc1ccc(OCC2CO2)c(S(=O)(=O)c2ccccc2C)c1. The lowest BCUT2D eigenvalue weighted by atomic mass is 10.2. The summed E-state index contributed by atoms with van der Waals surface area (Å²) in [6.07, 6.45) is 0.0790. The zero-order valence-corrected chi connectivity index (χ0v) is 13.4. The van der Waals surface area contributed by atoms with Crippen molar-refractivity contribution in [1.82, 2.24) is 0 Å². The summed E-state index contributed by atoms with van der Waals surface area (Å²) in [6.45, 7) is 4.71. The zero-order chi connectivity index (χ0) is 15.7. The van der Waals surface area contributed by atoms with Crippen LogP contribution in [0.15, 0.2) is 52.3 Å². The van der Waals surface area contributed by atoms with Crippen molar-refractivity contribution in [3.8, 4) is 5.75 Å². The lowest BCUT2D eigenvalue weighted by Crippen LogP contribution is -2.10. The fraction of sp³-hybridized carbons (Fsp3) is 0.294. The lowest BCUT2D eigenvalue weighted by molar-refractivity contribution is 0.258. The van der Waals surface area contributed by atoms with Gasteiger partial charge in [0, 0.05) is 0 Å². The number of epoxide rings is 1. The highest BCUT2D eigenvalue weighted by molar-refractivity contribution is 7.91. The number of sulfone groups is 1. The van der Waals surface area contributed by atoms with E-state index in [2.05, 4.69) is 0 Å². The molecule has 0 spiro atoms. The van der Waals surface area contributed by atoms with E-state index in [0.29, 0.717) is 23.9 Å². The first-order valence-electron chi connectivity index (χ1n) is 7.14. The molecule has 4 nitrogen and oxygen atoms in total. The zero-order valence-electron chi connectivity index (χ0n) is 12.6. The highest BCUT2D eigenvalue weighted by Crippen LogP contribution is 2.32. The molecule has 1 fully saturated rings. The summed E-state index contributed by atoms with van der Waals surface area (Å²) in [4.78, 5) is 0.524. The van der Waals surface area contributed by atoms with Crippen molar-refractivity contribution in [3.63, 3.8) is 0 Å². The van der Waals surface area contributed by atoms with E-state index in [0.717, 1.165) is 11.1 Å². The third kappa shape index (κ3) is 3.00. The average molecular weight is 318 g/mol. The molecule has 22 heavy (non-hydrogen) atoms. The molecule has 0 amide bonds. The maximum atomic E-state index is 13.0. The molecule has 0 aromatic heterocycles. The number of hydrogen-bond acceptors (Lipinski definition) is 4. The largest absolute Gasteiger partial charge is 0.489 e. The summed E-state index contributed by atoms with van der Waals surface area (Å²) in [5.41, 5.74) is 1.60. The van der Waals surface area contributed by atoms with Crippen molar-refractivity contribution in [2.45, 2.75) is 29.7 Å². The number of rotatable bonds is 5. The van der Waals surface area contributed by atoms with Crippen LogP contribution in [-0.4, -0.2) is 27.7 Å². The topological polar surface area (TPSA) is 55.9 Å². The van der Waals surface area contributed by atoms with Crippen molar-refractivity contribution >= 4 is 9.84 Å². The normalized spacial score (nSPS) is 17.3. The Bertz CT molecular complexity index is 792. The molecular weight excluding hydrogens is 300 g/mol. The second-order valence-electron chi connectivity index (χ2n) is 5.49. The van der Waals surface area contributed by atoms with Crippen molar-refractivity contribution in [1.29, 1.82) is 0 Å². The minimum Gasteiger partial charge on any atom is -0.489 e. The van der Waals surface area contributed by atoms with E-state index >= 15 is 0 Å². The van der Waals surface area contributed by atoms with Crippen LogP contribution in [-0.2, 0) is 14.6 Å². The van der Waals surface area contributed by atoms with E-state index in [1.165, 1.54) is 0 Å². The van der Waals surface area contributed by atoms with Crippen LogP contribution in [0.3, 0.4) is 0 Å². The molecule has 0 saturated carbocycles. The molecular formula is C17H18O4S. The second kappa shape index (κ2) is 5.74. The molecule has 1 heterocycles. The Morgan fingerprint density at radius 1 is 1.14 bits per heavy atom. The Morgan fingerprint density at radius 2 is 1.86 bits per heavy atom. The lowest BCUT2D eigenvalue weighted by Gasteiger charge is -2.13. The summed E-state index contributed by atoms with van der Waals surface area (Å²) in [6, 6.07) is 12.2. The molecule has 0 N–H and O–H groups in total. The van der Waals surface area contributed by atoms with Gasteiger partial charge in [0.05, 0.1) is 11.5 Å². The predicted octanol–water partition coefficient (Wildman–Crippen LogP) is 2.91. The summed E-state index contributed by atoms with van der Waals surface area (Å²) in [5.74, 6) is 0.379. The molecule has 0 bridgehead atoms. The Hall–Kier alpha value is -1.85. The molecule has 0 aliphatic carbocycles. The van der Waals surface area contributed by atoms with Gasteiger partial charge in [0.2, 0.25) is 9.84 Å². The van der Waals surface area contributed by atoms with Gasteiger partial charge in [-0.1, -0.05) is 24.3 Å². The van der Waals surface area contributed by atoms with Gasteiger partial charge in [0.15, 0.2) is 0 Å². The fourth-order valence-electron chi connectivity index (χ4n) is 2.27. The molecule has 116 valence electrons. The van der Waals surface area contributed by atoms with Gasteiger partial charge in [-0.15, -0.1) is 0 Å². The smallest absolute Gasteiger partial charge is 0.210 e. The summed E-state index contributed by atoms with van der Waals surface area (Å²) < 4.78 is 36.7. The van der Waals surface area contributed by atoms with Gasteiger partial charge in [0.1, 0.15) is 23.4 Å². The van der Waals surface area contributed by atoms with Crippen LogP contribution in [0.5, 0.6) is 5.75 Å².